The van der Waals surface area contributed by atoms with Crippen molar-refractivity contribution in [2.45, 2.75) is 56.0 Å². The third-order valence-corrected chi connectivity index (χ3v) is 7.05. The zero-order valence-corrected chi connectivity index (χ0v) is 15.9. The predicted octanol–water partition coefficient (Wildman–Crippen LogP) is 4.82. The van der Waals surface area contributed by atoms with E-state index in [-0.39, 0.29) is 55.7 Å². The van der Waals surface area contributed by atoms with Gasteiger partial charge in [0.2, 0.25) is 0 Å². The summed E-state index contributed by atoms with van der Waals surface area (Å²) in [6.45, 7) is 0.0316. The molecule has 3 saturated carbocycles. The van der Waals surface area contributed by atoms with Crippen LogP contribution in [0.2, 0.25) is 5.02 Å². The van der Waals surface area contributed by atoms with Gasteiger partial charge in [0.05, 0.1) is 17.7 Å². The molecule has 3 nitrogen and oxygen atoms in total. The largest absolute Gasteiger partial charge is 0.495 e. The lowest BCUT2D eigenvalue weighted by atomic mass is 9.48. The summed E-state index contributed by atoms with van der Waals surface area (Å²) in [6.07, 6.45) is -0.792. The van der Waals surface area contributed by atoms with Gasteiger partial charge in [-0.3, -0.25) is 4.79 Å². The summed E-state index contributed by atoms with van der Waals surface area (Å²) in [5, 5.41) is 2.92. The van der Waals surface area contributed by atoms with Crippen molar-refractivity contribution in [1.29, 1.82) is 0 Å². The first-order valence-electron chi connectivity index (χ1n) is 9.32. The van der Waals surface area contributed by atoms with Gasteiger partial charge in [0.1, 0.15) is 23.3 Å². The number of halogens is 4. The van der Waals surface area contributed by atoms with Crippen LogP contribution in [0.1, 0.15) is 48.9 Å². The van der Waals surface area contributed by atoms with Gasteiger partial charge in [0, 0.05) is 18.9 Å². The van der Waals surface area contributed by atoms with E-state index in [0.29, 0.717) is 5.75 Å². The van der Waals surface area contributed by atoms with Crippen molar-refractivity contribution >= 4 is 17.5 Å². The fourth-order valence-electron chi connectivity index (χ4n) is 5.73. The van der Waals surface area contributed by atoms with Crippen LogP contribution in [0.4, 0.5) is 13.2 Å². The lowest BCUT2D eigenvalue weighted by molar-refractivity contribution is -0.188. The number of nitrogens with one attached hydrogen (secondary N) is 1. The molecule has 3 fully saturated rings. The van der Waals surface area contributed by atoms with E-state index >= 15 is 8.78 Å². The first kappa shape index (κ1) is 18.9. The molecule has 3 aliphatic carbocycles. The number of carbonyl (C=O) groups is 1. The van der Waals surface area contributed by atoms with Crippen molar-refractivity contribution in [2.24, 2.45) is 11.3 Å². The molecular weight excluding hydrogens is 379 g/mol. The fraction of sp³-hybridized carbons (Fsp3) is 0.650. The van der Waals surface area contributed by atoms with Crippen LogP contribution < -0.4 is 10.1 Å². The molecule has 3 aliphatic rings. The monoisotopic (exact) mass is 401 g/mol. The normalized spacial score (nSPS) is 39.9. The molecule has 1 amide bonds. The molecule has 1 N–H and O–H groups in total. The number of carbonyl (C=O) groups excluding carboxylic acids is 1. The summed E-state index contributed by atoms with van der Waals surface area (Å²) in [5.41, 5.74) is -4.11. The van der Waals surface area contributed by atoms with Crippen molar-refractivity contribution < 1.29 is 22.7 Å². The van der Waals surface area contributed by atoms with Gasteiger partial charge >= 0.3 is 0 Å². The Kier molecular flexibility index (Phi) is 4.41. The molecule has 5 atom stereocenters. The molecular formula is C20H23ClF3NO2. The topological polar surface area (TPSA) is 38.3 Å². The summed E-state index contributed by atoms with van der Waals surface area (Å²) >= 11 is 6.18. The van der Waals surface area contributed by atoms with E-state index in [1.54, 1.807) is 18.2 Å². The molecule has 27 heavy (non-hydrogen) atoms. The summed E-state index contributed by atoms with van der Waals surface area (Å²) in [6, 6.07) is 4.82. The van der Waals surface area contributed by atoms with Crippen LogP contribution in [-0.2, 0) is 0 Å². The average Bonchev–Trinajstić information content (AvgIpc) is 2.57. The molecule has 1 aromatic rings. The fourth-order valence-corrected chi connectivity index (χ4v) is 6.02. The Morgan fingerprint density at radius 2 is 2.11 bits per heavy atom. The van der Waals surface area contributed by atoms with Crippen LogP contribution >= 0.6 is 11.6 Å². The van der Waals surface area contributed by atoms with E-state index in [0.717, 1.165) is 0 Å². The number of benzene rings is 1. The van der Waals surface area contributed by atoms with Crippen LogP contribution in [0.25, 0.3) is 0 Å². The Morgan fingerprint density at radius 3 is 2.85 bits per heavy atom. The van der Waals surface area contributed by atoms with E-state index in [1.807, 2.05) is 0 Å². The average molecular weight is 402 g/mol. The minimum atomic E-state index is -1.82. The Hall–Kier alpha value is -1.43. The Balaban J connectivity index is 1.55. The third-order valence-electron chi connectivity index (χ3n) is 6.66. The van der Waals surface area contributed by atoms with Gasteiger partial charge in [0.15, 0.2) is 0 Å². The number of fused-ring (bicyclic) bond motifs is 2. The highest BCUT2D eigenvalue weighted by Crippen LogP contribution is 2.64. The Bertz CT molecular complexity index is 774. The second-order valence-electron chi connectivity index (χ2n) is 8.59. The van der Waals surface area contributed by atoms with Gasteiger partial charge in [-0.2, -0.15) is 0 Å². The van der Waals surface area contributed by atoms with Crippen molar-refractivity contribution in [2.75, 3.05) is 13.7 Å². The second-order valence-corrected chi connectivity index (χ2v) is 8.96. The van der Waals surface area contributed by atoms with Gasteiger partial charge in [-0.15, -0.1) is 0 Å². The maximum Gasteiger partial charge on any atom is 0.252 e. The Labute approximate surface area is 161 Å². The van der Waals surface area contributed by atoms with Crippen molar-refractivity contribution in [3.63, 3.8) is 0 Å². The number of hydrogen-bond donors (Lipinski definition) is 1. The molecule has 0 radical (unpaired) electrons. The lowest BCUT2D eigenvalue weighted by Crippen LogP contribution is -2.64. The molecule has 5 unspecified atom stereocenters. The molecule has 148 valence electrons. The molecule has 4 rings (SSSR count). The standard InChI is InChI=1S/C20H23ClF3NO2/c1-27-15-4-2-3-12(16(15)21)17(26)25-11-18-7-14(22)13-5-6-19(23,8-18)10-20(13,24)9-18/h2-4,13-14H,5-11H2,1H3,(H,25,26). The maximum atomic E-state index is 15.4. The second kappa shape index (κ2) is 6.29. The summed E-state index contributed by atoms with van der Waals surface area (Å²) in [5.74, 6) is -0.815. The van der Waals surface area contributed by atoms with Crippen LogP contribution in [0.15, 0.2) is 18.2 Å². The predicted molar refractivity (Wildman–Crippen MR) is 96.5 cm³/mol. The highest BCUT2D eigenvalue weighted by Gasteiger charge is 2.66. The zero-order valence-electron chi connectivity index (χ0n) is 15.2. The van der Waals surface area contributed by atoms with Crippen LogP contribution in [0.5, 0.6) is 5.75 Å². The minimum absolute atomic E-state index is 0.0316. The van der Waals surface area contributed by atoms with Crippen LogP contribution in [-0.4, -0.2) is 37.1 Å². The minimum Gasteiger partial charge on any atom is -0.495 e. The molecule has 0 heterocycles. The molecule has 0 spiro atoms. The zero-order chi connectivity index (χ0) is 19.4. The molecule has 1 aromatic carbocycles. The maximum absolute atomic E-state index is 15.4. The molecule has 0 aromatic heterocycles. The van der Waals surface area contributed by atoms with E-state index in [4.69, 9.17) is 16.3 Å². The lowest BCUT2D eigenvalue weighted by Gasteiger charge is -2.60. The van der Waals surface area contributed by atoms with E-state index in [9.17, 15) is 9.18 Å². The molecule has 0 aliphatic heterocycles. The summed E-state index contributed by atoms with van der Waals surface area (Å²) in [7, 11) is 1.45. The highest BCUT2D eigenvalue weighted by atomic mass is 35.5. The van der Waals surface area contributed by atoms with E-state index in [1.165, 1.54) is 7.11 Å². The summed E-state index contributed by atoms with van der Waals surface area (Å²) in [4.78, 5) is 12.6. The number of rotatable bonds is 4. The number of methoxy groups -OCH3 is 1. The summed E-state index contributed by atoms with van der Waals surface area (Å²) < 4.78 is 50.4. The van der Waals surface area contributed by atoms with Crippen LogP contribution in [0.3, 0.4) is 0 Å². The van der Waals surface area contributed by atoms with Crippen molar-refractivity contribution in [3.05, 3.63) is 28.8 Å². The molecule has 3 bridgehead atoms. The van der Waals surface area contributed by atoms with E-state index in [2.05, 4.69) is 5.32 Å². The van der Waals surface area contributed by atoms with Crippen molar-refractivity contribution in [1.82, 2.24) is 5.32 Å². The quantitative estimate of drug-likeness (QED) is 0.785. The van der Waals surface area contributed by atoms with Crippen molar-refractivity contribution in [3.8, 4) is 5.75 Å². The third kappa shape index (κ3) is 3.10. The SMILES string of the molecule is COc1cccc(C(=O)NCC23CC(F)C4CCC(F)(C2)CC4(F)C3)c1Cl. The number of alkyl halides is 3. The van der Waals surface area contributed by atoms with Gasteiger partial charge in [-0.1, -0.05) is 17.7 Å². The first-order chi connectivity index (χ1) is 12.7. The number of ether oxygens (including phenoxy) is 1. The number of amides is 1. The Morgan fingerprint density at radius 1 is 1.33 bits per heavy atom. The first-order valence-corrected chi connectivity index (χ1v) is 9.70. The van der Waals surface area contributed by atoms with Crippen LogP contribution in [0, 0.1) is 11.3 Å². The molecule has 0 saturated heterocycles. The van der Waals surface area contributed by atoms with Gasteiger partial charge in [-0.05, 0) is 49.7 Å². The highest BCUT2D eigenvalue weighted by molar-refractivity contribution is 6.35. The number of hydrogen-bond acceptors (Lipinski definition) is 2. The molecule has 7 heteroatoms. The van der Waals surface area contributed by atoms with E-state index < -0.39 is 34.7 Å². The van der Waals surface area contributed by atoms with Gasteiger partial charge in [0.25, 0.3) is 5.91 Å². The smallest absolute Gasteiger partial charge is 0.252 e. The van der Waals surface area contributed by atoms with Gasteiger partial charge < -0.3 is 10.1 Å². The van der Waals surface area contributed by atoms with Gasteiger partial charge in [-0.25, -0.2) is 13.2 Å².